The lowest BCUT2D eigenvalue weighted by molar-refractivity contribution is 0.667. The second-order valence-corrected chi connectivity index (χ2v) is 13.6. The van der Waals surface area contributed by atoms with Gasteiger partial charge >= 0.3 is 0 Å². The van der Waals surface area contributed by atoms with Gasteiger partial charge in [-0.15, -0.1) is 0 Å². The Kier molecular flexibility index (Phi) is 6.79. The van der Waals surface area contributed by atoms with E-state index in [1.54, 1.807) is 0 Å². The zero-order valence-corrected chi connectivity index (χ0v) is 29.0. The molecule has 0 unspecified atom stereocenters. The van der Waals surface area contributed by atoms with Crippen molar-refractivity contribution >= 4 is 54.5 Å². The molecule has 0 fully saturated rings. The van der Waals surface area contributed by atoms with Crippen molar-refractivity contribution in [3.63, 3.8) is 0 Å². The molecule has 0 N–H and O–H groups in total. The van der Waals surface area contributed by atoms with Gasteiger partial charge in [0.25, 0.3) is 0 Å². The Morgan fingerprint density at radius 1 is 0.370 bits per heavy atom. The number of nitrogens with zero attached hydrogens (tertiary/aromatic N) is 4. The van der Waals surface area contributed by atoms with E-state index in [2.05, 4.69) is 126 Å². The van der Waals surface area contributed by atoms with Crippen LogP contribution in [0.15, 0.2) is 186 Å². The van der Waals surface area contributed by atoms with Crippen molar-refractivity contribution < 1.29 is 4.42 Å². The van der Waals surface area contributed by atoms with Crippen LogP contribution in [0.25, 0.3) is 105 Å². The summed E-state index contributed by atoms with van der Waals surface area (Å²) in [6.45, 7) is 0. The standard InChI is InChI=1S/C49H30N4O/c1-3-14-32(15-4-1)47-50-48(33-16-5-2-6-17-33)52-49(51-47)34-28-26-31(27-29-34)40-30-44-45(38-21-8-7-18-35(38)40)39-22-13-25-43(46(39)54-44)53-41-23-11-9-19-36(41)37-20-10-12-24-42(37)53/h1-30H. The fourth-order valence-electron chi connectivity index (χ4n) is 7.98. The molecular weight excluding hydrogens is 661 g/mol. The Hall–Kier alpha value is -7.37. The van der Waals surface area contributed by atoms with Crippen LogP contribution >= 0.6 is 0 Å². The molecule has 54 heavy (non-hydrogen) atoms. The molecule has 3 aromatic heterocycles. The van der Waals surface area contributed by atoms with Crippen molar-refractivity contribution in [2.75, 3.05) is 0 Å². The van der Waals surface area contributed by atoms with Crippen LogP contribution in [0, 0.1) is 0 Å². The number of hydrogen-bond acceptors (Lipinski definition) is 4. The second kappa shape index (κ2) is 12.1. The summed E-state index contributed by atoms with van der Waals surface area (Å²) >= 11 is 0. The molecule has 5 nitrogen and oxygen atoms in total. The number of furan rings is 1. The first-order chi connectivity index (χ1) is 26.8. The summed E-state index contributed by atoms with van der Waals surface area (Å²) in [5, 5.41) is 6.99. The first-order valence-corrected chi connectivity index (χ1v) is 18.1. The minimum atomic E-state index is 0.629. The van der Waals surface area contributed by atoms with Gasteiger partial charge in [0, 0.05) is 38.2 Å². The van der Waals surface area contributed by atoms with Crippen molar-refractivity contribution in [3.05, 3.63) is 182 Å². The van der Waals surface area contributed by atoms with E-state index in [0.29, 0.717) is 17.5 Å². The van der Waals surface area contributed by atoms with Crippen molar-refractivity contribution in [2.45, 2.75) is 0 Å². The topological polar surface area (TPSA) is 56.7 Å². The van der Waals surface area contributed by atoms with Gasteiger partial charge in [-0.25, -0.2) is 15.0 Å². The maximum Gasteiger partial charge on any atom is 0.164 e. The van der Waals surface area contributed by atoms with Crippen LogP contribution in [0.1, 0.15) is 0 Å². The third-order valence-corrected chi connectivity index (χ3v) is 10.5. The summed E-state index contributed by atoms with van der Waals surface area (Å²) in [5.74, 6) is 1.92. The molecule has 0 saturated carbocycles. The predicted octanol–water partition coefficient (Wildman–Crippen LogP) is 12.7. The van der Waals surface area contributed by atoms with Crippen molar-refractivity contribution in [3.8, 4) is 51.0 Å². The zero-order chi connectivity index (χ0) is 35.6. The average molecular weight is 691 g/mol. The van der Waals surface area contributed by atoms with Gasteiger partial charge in [-0.3, -0.25) is 0 Å². The highest BCUT2D eigenvalue weighted by Gasteiger charge is 2.20. The number of para-hydroxylation sites is 3. The molecule has 0 saturated heterocycles. The normalized spacial score (nSPS) is 11.7. The fourth-order valence-corrected chi connectivity index (χ4v) is 7.98. The Bertz CT molecular complexity index is 3090. The molecule has 0 amide bonds. The summed E-state index contributed by atoms with van der Waals surface area (Å²) in [7, 11) is 0. The first-order valence-electron chi connectivity index (χ1n) is 18.1. The molecule has 3 heterocycles. The summed E-state index contributed by atoms with van der Waals surface area (Å²) < 4.78 is 9.27. The maximum absolute atomic E-state index is 6.93. The first kappa shape index (κ1) is 30.3. The third kappa shape index (κ3) is 4.76. The lowest BCUT2D eigenvalue weighted by Crippen LogP contribution is -2.00. The van der Waals surface area contributed by atoms with Crippen molar-refractivity contribution in [2.24, 2.45) is 0 Å². The molecule has 11 rings (SSSR count). The van der Waals surface area contributed by atoms with Gasteiger partial charge in [-0.2, -0.15) is 0 Å². The predicted molar refractivity (Wildman–Crippen MR) is 221 cm³/mol. The maximum atomic E-state index is 6.93. The largest absolute Gasteiger partial charge is 0.454 e. The van der Waals surface area contributed by atoms with Crippen LogP contribution in [0.5, 0.6) is 0 Å². The number of benzene rings is 8. The van der Waals surface area contributed by atoms with Crippen LogP contribution in [-0.4, -0.2) is 19.5 Å². The second-order valence-electron chi connectivity index (χ2n) is 13.6. The number of rotatable bonds is 5. The zero-order valence-electron chi connectivity index (χ0n) is 29.0. The van der Waals surface area contributed by atoms with Crippen LogP contribution in [-0.2, 0) is 0 Å². The summed E-state index contributed by atoms with van der Waals surface area (Å²) in [5.41, 5.74) is 10.1. The van der Waals surface area contributed by atoms with Crippen LogP contribution < -0.4 is 0 Å². The molecule has 0 aliphatic rings. The van der Waals surface area contributed by atoms with Gasteiger partial charge < -0.3 is 8.98 Å². The van der Waals surface area contributed by atoms with Crippen molar-refractivity contribution in [1.82, 2.24) is 19.5 Å². The lowest BCUT2D eigenvalue weighted by Gasteiger charge is -2.11. The van der Waals surface area contributed by atoms with Crippen LogP contribution in [0.2, 0.25) is 0 Å². The average Bonchev–Trinajstić information content (AvgIpc) is 3.80. The quantitative estimate of drug-likeness (QED) is 0.180. The van der Waals surface area contributed by atoms with Crippen LogP contribution in [0.4, 0.5) is 0 Å². The van der Waals surface area contributed by atoms with E-state index >= 15 is 0 Å². The van der Waals surface area contributed by atoms with Gasteiger partial charge in [0.1, 0.15) is 5.58 Å². The molecule has 0 bridgehead atoms. The SMILES string of the molecule is c1ccc(-c2nc(-c3ccccc3)nc(-c3ccc(-c4cc5oc6c(-n7c8ccccc8c8ccccc87)cccc6c5c5ccccc45)cc3)n2)cc1. The summed E-state index contributed by atoms with van der Waals surface area (Å²) in [4.78, 5) is 14.8. The molecule has 252 valence electrons. The summed E-state index contributed by atoms with van der Waals surface area (Å²) in [6.07, 6.45) is 0. The number of aromatic nitrogens is 4. The van der Waals surface area contributed by atoms with E-state index in [1.807, 2.05) is 60.7 Å². The van der Waals surface area contributed by atoms with Crippen molar-refractivity contribution in [1.29, 1.82) is 0 Å². The highest BCUT2D eigenvalue weighted by Crippen LogP contribution is 2.43. The fraction of sp³-hybridized carbons (Fsp3) is 0. The Morgan fingerprint density at radius 3 is 1.43 bits per heavy atom. The molecule has 8 aromatic carbocycles. The monoisotopic (exact) mass is 690 g/mol. The van der Waals surface area contributed by atoms with Gasteiger partial charge in [-0.05, 0) is 46.2 Å². The number of fused-ring (bicyclic) bond motifs is 8. The van der Waals surface area contributed by atoms with Crippen LogP contribution in [0.3, 0.4) is 0 Å². The highest BCUT2D eigenvalue weighted by molar-refractivity contribution is 6.23. The summed E-state index contributed by atoms with van der Waals surface area (Å²) in [6, 6.07) is 63.2. The number of hydrogen-bond donors (Lipinski definition) is 0. The lowest BCUT2D eigenvalue weighted by atomic mass is 9.94. The smallest absolute Gasteiger partial charge is 0.164 e. The van der Waals surface area contributed by atoms with Gasteiger partial charge in [0.15, 0.2) is 23.1 Å². The Balaban J connectivity index is 1.07. The molecule has 0 spiro atoms. The van der Waals surface area contributed by atoms with E-state index in [1.165, 1.54) is 16.2 Å². The highest BCUT2D eigenvalue weighted by atomic mass is 16.3. The molecule has 5 heteroatoms. The molecule has 0 atom stereocenters. The molecule has 0 aliphatic heterocycles. The molecule has 0 aliphatic carbocycles. The third-order valence-electron chi connectivity index (χ3n) is 10.5. The van der Waals surface area contributed by atoms with E-state index in [0.717, 1.165) is 71.9 Å². The molecular formula is C49H30N4O. The Labute approximate surface area is 310 Å². The van der Waals surface area contributed by atoms with E-state index in [4.69, 9.17) is 19.4 Å². The minimum absolute atomic E-state index is 0.629. The van der Waals surface area contributed by atoms with E-state index < -0.39 is 0 Å². The molecule has 0 radical (unpaired) electrons. The minimum Gasteiger partial charge on any atom is -0.454 e. The van der Waals surface area contributed by atoms with Gasteiger partial charge in [0.05, 0.1) is 16.7 Å². The van der Waals surface area contributed by atoms with Gasteiger partial charge in [-0.1, -0.05) is 158 Å². The van der Waals surface area contributed by atoms with E-state index in [-0.39, 0.29) is 0 Å². The van der Waals surface area contributed by atoms with E-state index in [9.17, 15) is 0 Å². The molecule has 11 aromatic rings. The van der Waals surface area contributed by atoms with Gasteiger partial charge in [0.2, 0.25) is 0 Å². The Morgan fingerprint density at radius 2 is 0.833 bits per heavy atom.